The molecule has 25 heavy (non-hydrogen) atoms. The van der Waals surface area contributed by atoms with E-state index in [-0.39, 0.29) is 5.60 Å². The number of fused-ring (bicyclic) bond motifs is 1. The molecule has 2 rings (SSSR count). The Morgan fingerprint density at radius 3 is 2.76 bits per heavy atom. The van der Waals surface area contributed by atoms with Crippen LogP contribution in [0.4, 0.5) is 0 Å². The third-order valence-electron chi connectivity index (χ3n) is 4.53. The maximum absolute atomic E-state index is 11.9. The Morgan fingerprint density at radius 1 is 1.36 bits per heavy atom. The monoisotopic (exact) mass is 342 g/mol. The van der Waals surface area contributed by atoms with Crippen LogP contribution in [0.25, 0.3) is 6.08 Å². The Hall–Kier alpha value is -2.03. The van der Waals surface area contributed by atoms with Crippen LogP contribution in [0, 0.1) is 12.8 Å². The molecule has 0 fully saturated rings. The molecule has 0 aliphatic carbocycles. The highest BCUT2D eigenvalue weighted by molar-refractivity contribution is 5.80. The van der Waals surface area contributed by atoms with Gasteiger partial charge in [0.1, 0.15) is 22.9 Å². The van der Waals surface area contributed by atoms with E-state index in [9.17, 15) is 9.90 Å². The fourth-order valence-corrected chi connectivity index (χ4v) is 3.11. The number of ketones is 1. The van der Waals surface area contributed by atoms with Crippen molar-refractivity contribution in [1.82, 2.24) is 0 Å². The number of hydrogen-bond donors (Lipinski definition) is 1. The first-order chi connectivity index (χ1) is 11.7. The number of benzene rings is 1. The second kappa shape index (κ2) is 7.90. The van der Waals surface area contributed by atoms with Crippen molar-refractivity contribution in [3.63, 3.8) is 0 Å². The SMILES string of the molecule is C/C(=C\CC[C@]1(C)C=Cc2cc(O)c(C)cc2O1)CC(=O)CC(C)C. The van der Waals surface area contributed by atoms with Crippen LogP contribution >= 0.6 is 0 Å². The van der Waals surface area contributed by atoms with E-state index in [0.717, 1.165) is 35.3 Å². The average Bonchev–Trinajstić information content (AvgIpc) is 2.48. The van der Waals surface area contributed by atoms with Crippen LogP contribution in [0.1, 0.15) is 64.5 Å². The molecule has 0 saturated carbocycles. The van der Waals surface area contributed by atoms with Gasteiger partial charge in [0.25, 0.3) is 0 Å². The molecular formula is C22H30O3. The van der Waals surface area contributed by atoms with Crippen molar-refractivity contribution in [2.45, 2.75) is 65.9 Å². The number of Topliss-reactive ketones (excluding diaryl/α,β-unsaturated/α-hetero) is 1. The fraction of sp³-hybridized carbons (Fsp3) is 0.500. The second-order valence-electron chi connectivity index (χ2n) is 7.83. The van der Waals surface area contributed by atoms with Crippen LogP contribution < -0.4 is 4.74 Å². The van der Waals surface area contributed by atoms with Crippen molar-refractivity contribution in [2.24, 2.45) is 5.92 Å². The lowest BCUT2D eigenvalue weighted by Gasteiger charge is -2.31. The van der Waals surface area contributed by atoms with Gasteiger partial charge >= 0.3 is 0 Å². The lowest BCUT2D eigenvalue weighted by Crippen LogP contribution is -2.31. The van der Waals surface area contributed by atoms with Crippen molar-refractivity contribution in [2.75, 3.05) is 0 Å². The minimum atomic E-state index is -0.366. The molecule has 1 atom stereocenters. The third-order valence-corrected chi connectivity index (χ3v) is 4.53. The minimum Gasteiger partial charge on any atom is -0.508 e. The quantitative estimate of drug-likeness (QED) is 0.656. The summed E-state index contributed by atoms with van der Waals surface area (Å²) in [5.74, 6) is 1.84. The molecule has 1 heterocycles. The number of phenolic OH excluding ortho intramolecular Hbond substituents is 1. The normalized spacial score (nSPS) is 19.7. The Kier molecular flexibility index (Phi) is 6.10. The lowest BCUT2D eigenvalue weighted by atomic mass is 9.93. The van der Waals surface area contributed by atoms with Gasteiger partial charge in [0.15, 0.2) is 0 Å². The second-order valence-corrected chi connectivity index (χ2v) is 7.83. The molecule has 0 saturated heterocycles. The number of phenols is 1. The minimum absolute atomic E-state index is 0.292. The average molecular weight is 342 g/mol. The summed E-state index contributed by atoms with van der Waals surface area (Å²) in [6.45, 7) is 10.1. The van der Waals surface area contributed by atoms with Crippen LogP contribution in [-0.2, 0) is 4.79 Å². The largest absolute Gasteiger partial charge is 0.508 e. The zero-order valence-corrected chi connectivity index (χ0v) is 16.1. The highest BCUT2D eigenvalue weighted by atomic mass is 16.5. The molecule has 0 spiro atoms. The molecule has 0 radical (unpaired) electrons. The van der Waals surface area contributed by atoms with Gasteiger partial charge in [-0.2, -0.15) is 0 Å². The summed E-state index contributed by atoms with van der Waals surface area (Å²) in [6.07, 6.45) is 9.13. The fourth-order valence-electron chi connectivity index (χ4n) is 3.11. The maximum Gasteiger partial charge on any atom is 0.137 e. The number of carbonyl (C=O) groups excluding carboxylic acids is 1. The summed E-state index contributed by atoms with van der Waals surface area (Å²) < 4.78 is 6.18. The van der Waals surface area contributed by atoms with Crippen molar-refractivity contribution >= 4 is 11.9 Å². The van der Waals surface area contributed by atoms with E-state index in [1.807, 2.05) is 26.0 Å². The van der Waals surface area contributed by atoms with Gasteiger partial charge in [-0.05, 0) is 63.3 Å². The van der Waals surface area contributed by atoms with Crippen molar-refractivity contribution in [3.05, 3.63) is 41.0 Å². The van der Waals surface area contributed by atoms with Gasteiger partial charge in [-0.25, -0.2) is 0 Å². The molecule has 1 N–H and O–H groups in total. The number of rotatable bonds is 7. The molecule has 1 aliphatic heterocycles. The number of carbonyl (C=O) groups is 1. The smallest absolute Gasteiger partial charge is 0.137 e. The van der Waals surface area contributed by atoms with E-state index in [1.165, 1.54) is 0 Å². The molecule has 3 nitrogen and oxygen atoms in total. The van der Waals surface area contributed by atoms with E-state index < -0.39 is 0 Å². The Labute approximate surface area is 151 Å². The molecular weight excluding hydrogens is 312 g/mol. The van der Waals surface area contributed by atoms with Gasteiger partial charge in [0.2, 0.25) is 0 Å². The lowest BCUT2D eigenvalue weighted by molar-refractivity contribution is -0.119. The Bertz CT molecular complexity index is 697. The summed E-state index contributed by atoms with van der Waals surface area (Å²) in [5, 5.41) is 9.81. The molecule has 3 heteroatoms. The molecule has 1 aromatic rings. The number of aromatic hydroxyl groups is 1. The zero-order valence-electron chi connectivity index (χ0n) is 16.1. The van der Waals surface area contributed by atoms with Gasteiger partial charge < -0.3 is 9.84 Å². The highest BCUT2D eigenvalue weighted by Gasteiger charge is 2.27. The molecule has 136 valence electrons. The number of allylic oxidation sites excluding steroid dienone is 2. The maximum atomic E-state index is 11.9. The highest BCUT2D eigenvalue weighted by Crippen LogP contribution is 2.37. The first-order valence-electron chi connectivity index (χ1n) is 9.08. The van der Waals surface area contributed by atoms with Gasteiger partial charge in [0.05, 0.1) is 0 Å². The summed E-state index contributed by atoms with van der Waals surface area (Å²) in [6, 6.07) is 3.63. The van der Waals surface area contributed by atoms with E-state index >= 15 is 0 Å². The van der Waals surface area contributed by atoms with Crippen molar-refractivity contribution < 1.29 is 14.6 Å². The predicted octanol–water partition coefficient (Wildman–Crippen LogP) is 5.60. The van der Waals surface area contributed by atoms with Gasteiger partial charge in [-0.1, -0.05) is 31.6 Å². The summed E-state index contributed by atoms with van der Waals surface area (Å²) in [4.78, 5) is 11.9. The van der Waals surface area contributed by atoms with E-state index in [2.05, 4.69) is 32.9 Å². The molecule has 1 aromatic carbocycles. The Balaban J connectivity index is 1.94. The van der Waals surface area contributed by atoms with Gasteiger partial charge in [0, 0.05) is 18.4 Å². The van der Waals surface area contributed by atoms with Crippen LogP contribution in [0.5, 0.6) is 11.5 Å². The van der Waals surface area contributed by atoms with E-state index in [1.54, 1.807) is 6.07 Å². The molecule has 0 aromatic heterocycles. The molecule has 1 aliphatic rings. The summed E-state index contributed by atoms with van der Waals surface area (Å²) in [7, 11) is 0. The summed E-state index contributed by atoms with van der Waals surface area (Å²) >= 11 is 0. The third kappa shape index (κ3) is 5.48. The predicted molar refractivity (Wildman–Crippen MR) is 103 cm³/mol. The standard InChI is InChI=1S/C22H30O3/c1-15(2)11-19(23)12-16(3)7-6-9-22(5)10-8-18-14-20(24)17(4)13-21(18)25-22/h7-8,10,13-15,24H,6,9,11-12H2,1-5H3/b16-7+/t22-/m1/s1. The van der Waals surface area contributed by atoms with Crippen LogP contribution in [0.3, 0.4) is 0 Å². The van der Waals surface area contributed by atoms with Crippen molar-refractivity contribution in [3.8, 4) is 11.5 Å². The van der Waals surface area contributed by atoms with Gasteiger partial charge in [-0.15, -0.1) is 0 Å². The van der Waals surface area contributed by atoms with Crippen LogP contribution in [-0.4, -0.2) is 16.5 Å². The molecule has 0 bridgehead atoms. The van der Waals surface area contributed by atoms with Gasteiger partial charge in [-0.3, -0.25) is 4.79 Å². The first-order valence-corrected chi connectivity index (χ1v) is 9.08. The zero-order chi connectivity index (χ0) is 18.6. The Morgan fingerprint density at radius 2 is 2.08 bits per heavy atom. The van der Waals surface area contributed by atoms with Crippen molar-refractivity contribution in [1.29, 1.82) is 0 Å². The van der Waals surface area contributed by atoms with E-state index in [0.29, 0.717) is 30.3 Å². The number of ether oxygens (including phenoxy) is 1. The van der Waals surface area contributed by atoms with Crippen LogP contribution in [0.2, 0.25) is 0 Å². The first kappa shape index (κ1) is 19.3. The summed E-state index contributed by atoms with van der Waals surface area (Å²) in [5.41, 5.74) is 2.49. The molecule has 0 amide bonds. The molecule has 0 unspecified atom stereocenters. The number of hydrogen-bond acceptors (Lipinski definition) is 3. The van der Waals surface area contributed by atoms with Crippen LogP contribution in [0.15, 0.2) is 29.9 Å². The topological polar surface area (TPSA) is 46.5 Å². The van der Waals surface area contributed by atoms with E-state index in [4.69, 9.17) is 4.74 Å². The number of aryl methyl sites for hydroxylation is 1.